The second-order valence-corrected chi connectivity index (χ2v) is 3.22. The Balaban J connectivity index is 2.26. The summed E-state index contributed by atoms with van der Waals surface area (Å²) in [5.41, 5.74) is 0. The smallest absolute Gasteiger partial charge is 0.202 e. The van der Waals surface area contributed by atoms with Crippen LogP contribution in [0.25, 0.3) is 0 Å². The van der Waals surface area contributed by atoms with Gasteiger partial charge in [-0.3, -0.25) is 0 Å². The molecule has 0 aliphatic carbocycles. The third-order valence-corrected chi connectivity index (χ3v) is 2.15. The van der Waals surface area contributed by atoms with Crippen LogP contribution in [0.3, 0.4) is 0 Å². The number of nitrogens with zero attached hydrogens (tertiary/aromatic N) is 3. The molecule has 1 saturated heterocycles. The number of anilines is 1. The van der Waals surface area contributed by atoms with Gasteiger partial charge in [0.15, 0.2) is 11.0 Å². The molecule has 1 fully saturated rings. The quantitative estimate of drug-likeness (QED) is 0.674. The van der Waals surface area contributed by atoms with Gasteiger partial charge in [-0.1, -0.05) is 11.6 Å². The lowest BCUT2D eigenvalue weighted by molar-refractivity contribution is 0.140. The number of hydrogen-bond donors (Lipinski definition) is 1. The zero-order valence-electron chi connectivity index (χ0n) is 6.61. The van der Waals surface area contributed by atoms with Gasteiger partial charge >= 0.3 is 0 Å². The van der Waals surface area contributed by atoms with E-state index in [9.17, 15) is 4.39 Å². The van der Waals surface area contributed by atoms with E-state index in [1.807, 2.05) is 0 Å². The Hall–Kier alpha value is -0.940. The summed E-state index contributed by atoms with van der Waals surface area (Å²) in [6, 6.07) is 0. The molecule has 0 saturated carbocycles. The maximum atomic E-state index is 13.2. The maximum Gasteiger partial charge on any atom is 0.202 e. The van der Waals surface area contributed by atoms with Crippen molar-refractivity contribution >= 4 is 17.4 Å². The maximum absolute atomic E-state index is 13.2. The van der Waals surface area contributed by atoms with Crippen LogP contribution in [0.1, 0.15) is 0 Å². The molecule has 1 aromatic heterocycles. The van der Waals surface area contributed by atoms with E-state index in [2.05, 4.69) is 9.97 Å². The number of hydrogen-bond acceptors (Lipinski definition) is 4. The van der Waals surface area contributed by atoms with Gasteiger partial charge in [-0.2, -0.15) is 4.39 Å². The average Bonchev–Trinajstić information content (AvgIpc) is 2.05. The largest absolute Gasteiger partial charge is 0.389 e. The van der Waals surface area contributed by atoms with E-state index in [-0.39, 0.29) is 11.0 Å². The van der Waals surface area contributed by atoms with Crippen LogP contribution in [0.5, 0.6) is 0 Å². The number of halogens is 2. The summed E-state index contributed by atoms with van der Waals surface area (Å²) in [5.74, 6) is -0.471. The minimum absolute atomic E-state index is 0.158. The van der Waals surface area contributed by atoms with Crippen LogP contribution in [0.4, 0.5) is 10.2 Å². The molecule has 0 atom stereocenters. The van der Waals surface area contributed by atoms with Crippen molar-refractivity contribution in [3.05, 3.63) is 17.3 Å². The summed E-state index contributed by atoms with van der Waals surface area (Å²) in [6.07, 6.45) is 0.805. The summed E-state index contributed by atoms with van der Waals surface area (Å²) in [7, 11) is 0. The highest BCUT2D eigenvalue weighted by Crippen LogP contribution is 2.24. The van der Waals surface area contributed by atoms with E-state index in [0.29, 0.717) is 13.1 Å². The molecule has 0 bridgehead atoms. The Morgan fingerprint density at radius 2 is 2.23 bits per heavy atom. The first-order valence-electron chi connectivity index (χ1n) is 3.77. The van der Waals surface area contributed by atoms with E-state index in [0.717, 1.165) is 0 Å². The van der Waals surface area contributed by atoms with Crippen LogP contribution in [-0.4, -0.2) is 34.3 Å². The minimum Gasteiger partial charge on any atom is -0.389 e. The molecule has 0 radical (unpaired) electrons. The Kier molecular flexibility index (Phi) is 2.05. The van der Waals surface area contributed by atoms with Crippen LogP contribution in [0.15, 0.2) is 6.33 Å². The summed E-state index contributed by atoms with van der Waals surface area (Å²) in [5, 5.41) is 8.81. The molecule has 1 aliphatic rings. The Bertz CT molecular complexity index is 330. The van der Waals surface area contributed by atoms with Crippen LogP contribution in [-0.2, 0) is 0 Å². The first kappa shape index (κ1) is 8.65. The van der Waals surface area contributed by atoms with Gasteiger partial charge in [0.1, 0.15) is 6.33 Å². The SMILES string of the molecule is OC1CN(c2ncnc(Cl)c2F)C1. The molecule has 0 aromatic carbocycles. The lowest BCUT2D eigenvalue weighted by Gasteiger charge is -2.36. The fraction of sp³-hybridized carbons (Fsp3) is 0.429. The first-order valence-corrected chi connectivity index (χ1v) is 4.15. The van der Waals surface area contributed by atoms with Crippen LogP contribution < -0.4 is 4.90 Å². The highest BCUT2D eigenvalue weighted by molar-refractivity contribution is 6.29. The van der Waals surface area contributed by atoms with E-state index < -0.39 is 11.9 Å². The van der Waals surface area contributed by atoms with Gasteiger partial charge in [0.25, 0.3) is 0 Å². The second-order valence-electron chi connectivity index (χ2n) is 2.86. The topological polar surface area (TPSA) is 49.2 Å². The van der Waals surface area contributed by atoms with Crippen molar-refractivity contribution in [2.45, 2.75) is 6.10 Å². The van der Waals surface area contributed by atoms with Crippen LogP contribution in [0.2, 0.25) is 5.15 Å². The van der Waals surface area contributed by atoms with Crippen molar-refractivity contribution in [2.24, 2.45) is 0 Å². The van der Waals surface area contributed by atoms with Crippen molar-refractivity contribution < 1.29 is 9.50 Å². The molecule has 4 nitrogen and oxygen atoms in total. The molecular formula is C7H7ClFN3O. The van der Waals surface area contributed by atoms with Crippen molar-refractivity contribution in [1.82, 2.24) is 9.97 Å². The highest BCUT2D eigenvalue weighted by Gasteiger charge is 2.28. The molecule has 0 amide bonds. The number of aromatic nitrogens is 2. The highest BCUT2D eigenvalue weighted by atomic mass is 35.5. The van der Waals surface area contributed by atoms with E-state index in [1.165, 1.54) is 6.33 Å². The van der Waals surface area contributed by atoms with E-state index in [4.69, 9.17) is 16.7 Å². The van der Waals surface area contributed by atoms with Gasteiger partial charge < -0.3 is 10.0 Å². The fourth-order valence-corrected chi connectivity index (χ4v) is 1.32. The molecule has 2 rings (SSSR count). The zero-order chi connectivity index (χ0) is 9.42. The lowest BCUT2D eigenvalue weighted by Crippen LogP contribution is -2.51. The lowest BCUT2D eigenvalue weighted by atomic mass is 10.2. The third-order valence-electron chi connectivity index (χ3n) is 1.89. The van der Waals surface area contributed by atoms with Gasteiger partial charge in [-0.25, -0.2) is 9.97 Å². The molecule has 13 heavy (non-hydrogen) atoms. The number of aliphatic hydroxyl groups is 1. The minimum atomic E-state index is -0.629. The van der Waals surface area contributed by atoms with Gasteiger partial charge in [0.2, 0.25) is 5.82 Å². The van der Waals surface area contributed by atoms with Gasteiger partial charge in [0, 0.05) is 13.1 Å². The number of β-amino-alcohol motifs (C(OH)–C–C–N with tert-alkyl or cyclic N) is 1. The molecule has 2 heterocycles. The van der Waals surface area contributed by atoms with Crippen molar-refractivity contribution in [3.8, 4) is 0 Å². The molecule has 1 N–H and O–H groups in total. The van der Waals surface area contributed by atoms with Gasteiger partial charge in [-0.05, 0) is 0 Å². The number of aliphatic hydroxyl groups excluding tert-OH is 1. The molecule has 0 spiro atoms. The Morgan fingerprint density at radius 3 is 2.85 bits per heavy atom. The normalized spacial score (nSPS) is 17.3. The zero-order valence-corrected chi connectivity index (χ0v) is 7.37. The predicted molar refractivity (Wildman–Crippen MR) is 45.2 cm³/mol. The van der Waals surface area contributed by atoms with E-state index in [1.54, 1.807) is 4.90 Å². The third kappa shape index (κ3) is 1.45. The summed E-state index contributed by atoms with van der Waals surface area (Å²) in [4.78, 5) is 8.83. The number of rotatable bonds is 1. The van der Waals surface area contributed by atoms with Crippen molar-refractivity contribution in [2.75, 3.05) is 18.0 Å². The predicted octanol–water partition coefficient (Wildman–Crippen LogP) is 0.450. The molecule has 1 aliphatic heterocycles. The average molecular weight is 204 g/mol. The fourth-order valence-electron chi connectivity index (χ4n) is 1.19. The van der Waals surface area contributed by atoms with Crippen LogP contribution in [0, 0.1) is 5.82 Å². The summed E-state index contributed by atoms with van der Waals surface area (Å²) >= 11 is 5.46. The molecule has 70 valence electrons. The molecule has 0 unspecified atom stereocenters. The molecule has 1 aromatic rings. The second kappa shape index (κ2) is 3.08. The molecule has 6 heteroatoms. The van der Waals surface area contributed by atoms with Gasteiger partial charge in [0.05, 0.1) is 6.10 Å². The monoisotopic (exact) mass is 203 g/mol. The van der Waals surface area contributed by atoms with E-state index >= 15 is 0 Å². The van der Waals surface area contributed by atoms with Crippen molar-refractivity contribution in [1.29, 1.82) is 0 Å². The standard InChI is InChI=1S/C7H7ClFN3O/c8-6-5(9)7(11-3-10-6)12-1-4(13)2-12/h3-4,13H,1-2H2. The first-order chi connectivity index (χ1) is 6.18. The van der Waals surface area contributed by atoms with Crippen molar-refractivity contribution in [3.63, 3.8) is 0 Å². The summed E-state index contributed by atoms with van der Waals surface area (Å²) in [6.45, 7) is 0.786. The Morgan fingerprint density at radius 1 is 1.54 bits per heavy atom. The van der Waals surface area contributed by atoms with Gasteiger partial charge in [-0.15, -0.1) is 0 Å². The molecular weight excluding hydrogens is 197 g/mol. The van der Waals surface area contributed by atoms with Crippen LogP contribution >= 0.6 is 11.6 Å². The summed E-state index contributed by atoms with van der Waals surface area (Å²) < 4.78 is 13.2. The Labute approximate surface area is 79.0 Å².